The molecule has 0 bridgehead atoms. The van der Waals surface area contributed by atoms with Gasteiger partial charge in [-0.1, -0.05) is 59.5 Å². The van der Waals surface area contributed by atoms with Crippen molar-refractivity contribution >= 4 is 0 Å². The second kappa shape index (κ2) is 7.97. The van der Waals surface area contributed by atoms with E-state index in [1.54, 1.807) is 5.57 Å². The predicted molar refractivity (Wildman–Crippen MR) is 121 cm³/mol. The van der Waals surface area contributed by atoms with E-state index in [0.29, 0.717) is 29.1 Å². The lowest BCUT2D eigenvalue weighted by Gasteiger charge is -2.56. The van der Waals surface area contributed by atoms with E-state index in [4.69, 9.17) is 0 Å². The van der Waals surface area contributed by atoms with Gasteiger partial charge in [-0.2, -0.15) is 0 Å². The summed E-state index contributed by atoms with van der Waals surface area (Å²) in [5.74, 6) is 3.48. The number of allylic oxidation sites excluding steroid dienone is 1. The van der Waals surface area contributed by atoms with Gasteiger partial charge < -0.3 is 10.2 Å². The summed E-state index contributed by atoms with van der Waals surface area (Å²) in [5.41, 5.74) is 3.72. The molecule has 0 aromatic carbocycles. The molecule has 0 aromatic rings. The number of rotatable bonds is 5. The average molecular weight is 403 g/mol. The zero-order valence-corrected chi connectivity index (χ0v) is 19.7. The average Bonchev–Trinajstić information content (AvgIpc) is 2.93. The lowest BCUT2D eigenvalue weighted by atomic mass is 9.48. The molecule has 2 heteroatoms. The van der Waals surface area contributed by atoms with E-state index in [0.717, 1.165) is 25.2 Å². The van der Waals surface area contributed by atoms with E-state index < -0.39 is 0 Å². The van der Waals surface area contributed by atoms with Gasteiger partial charge in [0, 0.05) is 0 Å². The van der Waals surface area contributed by atoms with Gasteiger partial charge in [-0.05, 0) is 97.4 Å². The van der Waals surface area contributed by atoms with Crippen molar-refractivity contribution in [1.82, 2.24) is 0 Å². The highest BCUT2D eigenvalue weighted by atomic mass is 16.3. The van der Waals surface area contributed by atoms with Crippen LogP contribution in [0.4, 0.5) is 0 Å². The van der Waals surface area contributed by atoms with Gasteiger partial charge in [0.1, 0.15) is 0 Å². The Balaban J connectivity index is 1.58. The minimum absolute atomic E-state index is 0.0794. The van der Waals surface area contributed by atoms with Crippen LogP contribution in [0.2, 0.25) is 0 Å². The quantitative estimate of drug-likeness (QED) is 0.515. The topological polar surface area (TPSA) is 40.5 Å². The molecule has 0 aliphatic heterocycles. The van der Waals surface area contributed by atoms with Crippen molar-refractivity contribution in [3.05, 3.63) is 11.1 Å². The SMILES string of the molecule is CC(C)CCC[C@@H](C)[C@H]1C[C@@H](O)C2=C3CC[C@H]4CC(O)CC[C@]4(C)[C@H]3CC[C@@]21C. The molecule has 4 aliphatic rings. The van der Waals surface area contributed by atoms with E-state index in [1.807, 2.05) is 0 Å². The molecule has 0 spiro atoms. The first kappa shape index (κ1) is 21.9. The summed E-state index contributed by atoms with van der Waals surface area (Å²) in [5, 5.41) is 21.5. The highest BCUT2D eigenvalue weighted by Gasteiger charge is 2.57. The van der Waals surface area contributed by atoms with Gasteiger partial charge in [0.2, 0.25) is 0 Å². The summed E-state index contributed by atoms with van der Waals surface area (Å²) >= 11 is 0. The van der Waals surface area contributed by atoms with Crippen molar-refractivity contribution < 1.29 is 10.2 Å². The summed E-state index contributed by atoms with van der Waals surface area (Å²) in [6, 6.07) is 0. The van der Waals surface area contributed by atoms with Crippen LogP contribution < -0.4 is 0 Å². The van der Waals surface area contributed by atoms with Gasteiger partial charge in [-0.25, -0.2) is 0 Å². The zero-order chi connectivity index (χ0) is 21.0. The maximum atomic E-state index is 11.3. The van der Waals surface area contributed by atoms with Crippen molar-refractivity contribution in [2.45, 2.75) is 117 Å². The van der Waals surface area contributed by atoms with Crippen molar-refractivity contribution in [3.8, 4) is 0 Å². The smallest absolute Gasteiger partial charge is 0.0761 e. The summed E-state index contributed by atoms with van der Waals surface area (Å²) in [7, 11) is 0. The zero-order valence-electron chi connectivity index (χ0n) is 19.7. The fourth-order valence-electron chi connectivity index (χ4n) is 8.49. The van der Waals surface area contributed by atoms with Crippen LogP contribution in [0.25, 0.3) is 0 Å². The molecule has 0 amide bonds. The molecule has 29 heavy (non-hydrogen) atoms. The molecule has 1 unspecified atom stereocenters. The Morgan fingerprint density at radius 1 is 0.966 bits per heavy atom. The van der Waals surface area contributed by atoms with E-state index in [9.17, 15) is 10.2 Å². The Bertz CT molecular complexity index is 636. The van der Waals surface area contributed by atoms with Gasteiger partial charge in [0.15, 0.2) is 0 Å². The second-order valence-corrected chi connectivity index (χ2v) is 12.3. The van der Waals surface area contributed by atoms with E-state index in [1.165, 1.54) is 56.9 Å². The van der Waals surface area contributed by atoms with Crippen LogP contribution in [0.1, 0.15) is 105 Å². The largest absolute Gasteiger partial charge is 0.393 e. The molecular formula is C27H46O2. The highest BCUT2D eigenvalue weighted by Crippen LogP contribution is 2.65. The first-order valence-electron chi connectivity index (χ1n) is 12.8. The van der Waals surface area contributed by atoms with E-state index in [2.05, 4.69) is 34.6 Å². The van der Waals surface area contributed by atoms with Gasteiger partial charge in [0.05, 0.1) is 12.2 Å². The molecule has 166 valence electrons. The summed E-state index contributed by atoms with van der Waals surface area (Å²) in [6.45, 7) is 12.1. The summed E-state index contributed by atoms with van der Waals surface area (Å²) in [4.78, 5) is 0. The molecular weight excluding hydrogens is 356 g/mol. The number of hydrogen-bond acceptors (Lipinski definition) is 2. The lowest BCUT2D eigenvalue weighted by Crippen LogP contribution is -2.48. The van der Waals surface area contributed by atoms with E-state index in [-0.39, 0.29) is 17.6 Å². The van der Waals surface area contributed by atoms with Crippen LogP contribution in [-0.4, -0.2) is 22.4 Å². The molecule has 0 radical (unpaired) electrons. The Morgan fingerprint density at radius 2 is 1.72 bits per heavy atom. The Labute approximate surface area is 179 Å². The molecule has 0 heterocycles. The lowest BCUT2D eigenvalue weighted by molar-refractivity contribution is -0.0386. The summed E-state index contributed by atoms with van der Waals surface area (Å²) < 4.78 is 0. The Hall–Kier alpha value is -0.340. The molecule has 3 fully saturated rings. The molecule has 4 aliphatic carbocycles. The van der Waals surface area contributed by atoms with Gasteiger partial charge in [0.25, 0.3) is 0 Å². The van der Waals surface area contributed by atoms with Crippen LogP contribution in [0.5, 0.6) is 0 Å². The van der Waals surface area contributed by atoms with Gasteiger partial charge >= 0.3 is 0 Å². The first-order valence-corrected chi connectivity index (χ1v) is 12.8. The molecule has 2 N–H and O–H groups in total. The first-order chi connectivity index (χ1) is 13.7. The third-order valence-corrected chi connectivity index (χ3v) is 10.2. The molecule has 0 aromatic heterocycles. The van der Waals surface area contributed by atoms with Crippen LogP contribution in [0.3, 0.4) is 0 Å². The van der Waals surface area contributed by atoms with Crippen LogP contribution in [0.15, 0.2) is 11.1 Å². The molecule has 8 atom stereocenters. The molecule has 3 saturated carbocycles. The number of aliphatic hydroxyl groups is 2. The normalized spacial score (nSPS) is 45.7. The maximum Gasteiger partial charge on any atom is 0.0761 e. The number of aliphatic hydroxyl groups excluding tert-OH is 2. The van der Waals surface area contributed by atoms with Gasteiger partial charge in [-0.3, -0.25) is 0 Å². The minimum atomic E-state index is -0.204. The van der Waals surface area contributed by atoms with Crippen LogP contribution >= 0.6 is 0 Å². The molecule has 2 nitrogen and oxygen atoms in total. The van der Waals surface area contributed by atoms with Crippen molar-refractivity contribution in [1.29, 1.82) is 0 Å². The molecule has 4 rings (SSSR count). The number of hydrogen-bond donors (Lipinski definition) is 2. The van der Waals surface area contributed by atoms with Crippen molar-refractivity contribution in [2.75, 3.05) is 0 Å². The third-order valence-electron chi connectivity index (χ3n) is 10.2. The van der Waals surface area contributed by atoms with E-state index >= 15 is 0 Å². The number of fused-ring (bicyclic) bond motifs is 4. The standard InChI is InChI=1S/C27H46O2/c1-17(2)7-6-8-18(3)23-16-24(29)25-21-10-9-19-15-20(28)11-13-26(19,4)22(21)12-14-27(23,25)5/h17-20,22-24,28-29H,6-16H2,1-5H3/t18-,19+,20?,22+,23-,24-,26+,27-/m1/s1. The Morgan fingerprint density at radius 3 is 2.45 bits per heavy atom. The second-order valence-electron chi connectivity index (χ2n) is 12.3. The van der Waals surface area contributed by atoms with Gasteiger partial charge in [-0.15, -0.1) is 0 Å². The van der Waals surface area contributed by atoms with Crippen LogP contribution in [0, 0.1) is 40.4 Å². The minimum Gasteiger partial charge on any atom is -0.393 e. The fraction of sp³-hybridized carbons (Fsp3) is 0.926. The monoisotopic (exact) mass is 402 g/mol. The molecule has 0 saturated heterocycles. The van der Waals surface area contributed by atoms with Crippen molar-refractivity contribution in [2.24, 2.45) is 40.4 Å². The Kier molecular flexibility index (Phi) is 6.01. The fourth-order valence-corrected chi connectivity index (χ4v) is 8.49. The van der Waals surface area contributed by atoms with Crippen molar-refractivity contribution in [3.63, 3.8) is 0 Å². The predicted octanol–water partition coefficient (Wildman–Crippen LogP) is 6.50. The highest BCUT2D eigenvalue weighted by molar-refractivity contribution is 5.37. The summed E-state index contributed by atoms with van der Waals surface area (Å²) in [6.07, 6.45) is 12.8. The maximum absolute atomic E-state index is 11.3. The third kappa shape index (κ3) is 3.65. The van der Waals surface area contributed by atoms with Crippen LogP contribution in [-0.2, 0) is 0 Å².